The van der Waals surface area contributed by atoms with Gasteiger partial charge in [-0.3, -0.25) is 0 Å². The van der Waals surface area contributed by atoms with E-state index in [-0.39, 0.29) is 12.1 Å². The van der Waals surface area contributed by atoms with Crippen molar-refractivity contribution < 1.29 is 9.53 Å². The number of benzene rings is 1. The third kappa shape index (κ3) is 10.5. The van der Waals surface area contributed by atoms with Gasteiger partial charge in [0.05, 0.1) is 11.5 Å². The lowest BCUT2D eigenvalue weighted by Crippen LogP contribution is -2.40. The first-order valence-electron chi connectivity index (χ1n) is 13.5. The minimum atomic E-state index is -0.456. The summed E-state index contributed by atoms with van der Waals surface area (Å²) in [5.41, 5.74) is 9.02. The van der Waals surface area contributed by atoms with Gasteiger partial charge in [0.1, 0.15) is 5.60 Å². The van der Waals surface area contributed by atoms with E-state index in [1.165, 1.54) is 36.8 Å². The fourth-order valence-corrected chi connectivity index (χ4v) is 4.90. The maximum absolute atomic E-state index is 12.0. The molecule has 0 atom stereocenters. The Balaban J connectivity index is 0.000000589. The summed E-state index contributed by atoms with van der Waals surface area (Å²) in [7, 11) is 0. The van der Waals surface area contributed by atoms with E-state index in [0.717, 1.165) is 56.6 Å². The maximum Gasteiger partial charge on any atom is 0.407 e. The molecule has 0 spiro atoms. The topological polar surface area (TPSA) is 76.7 Å². The molecular weight excluding hydrogens is 422 g/mol. The number of amidine groups is 1. The number of nitrogens with one attached hydrogen (secondary N) is 1. The van der Waals surface area contributed by atoms with Crippen molar-refractivity contribution in [3.05, 3.63) is 29.3 Å². The van der Waals surface area contributed by atoms with Crippen LogP contribution in [0, 0.1) is 5.92 Å². The van der Waals surface area contributed by atoms with E-state index in [9.17, 15) is 4.79 Å². The number of carbonyl (C=O) groups excluding carboxylic acids is 1. The van der Waals surface area contributed by atoms with Crippen LogP contribution in [0.3, 0.4) is 0 Å². The largest absolute Gasteiger partial charge is 0.444 e. The van der Waals surface area contributed by atoms with Gasteiger partial charge in [-0.15, -0.1) is 0 Å². The minimum absolute atomic E-state index is 0.203. The van der Waals surface area contributed by atoms with Gasteiger partial charge in [-0.1, -0.05) is 58.1 Å². The van der Waals surface area contributed by atoms with E-state index in [4.69, 9.17) is 10.5 Å². The number of hydrogen-bond acceptors (Lipinski definition) is 3. The number of unbranched alkanes of at least 4 members (excludes halogenated alkanes) is 1. The normalized spacial score (nSPS) is 21.5. The molecule has 1 aromatic carbocycles. The Kier molecular flexibility index (Phi) is 11.4. The van der Waals surface area contributed by atoms with Crippen LogP contribution in [0.5, 0.6) is 0 Å². The first kappa shape index (κ1) is 28.2. The van der Waals surface area contributed by atoms with E-state index in [1.807, 2.05) is 27.7 Å². The number of carbonyl (C=O) groups is 1. The molecular formula is C29H49N3O2. The number of nitrogens with two attached hydrogens (primary N) is 1. The van der Waals surface area contributed by atoms with Gasteiger partial charge in [-0.2, -0.15) is 0 Å². The smallest absolute Gasteiger partial charge is 0.407 e. The number of ether oxygens (including phenoxy) is 1. The molecule has 2 aliphatic carbocycles. The monoisotopic (exact) mass is 471 g/mol. The van der Waals surface area contributed by atoms with Crippen LogP contribution in [-0.2, 0) is 11.2 Å². The summed E-state index contributed by atoms with van der Waals surface area (Å²) in [6.07, 6.45) is 13.1. The second-order valence-electron chi connectivity index (χ2n) is 11.3. The SMILES string of the molecule is CC1CCCC1.CCCCc1cc(C2CCC(NC(=O)OC(C)(C)C)CC2)ccc1N=C(C)N. The van der Waals surface area contributed by atoms with Crippen LogP contribution in [-0.4, -0.2) is 23.6 Å². The van der Waals surface area contributed by atoms with E-state index in [2.05, 4.69) is 42.4 Å². The number of nitrogens with zero attached hydrogens (tertiary/aromatic N) is 1. The fraction of sp³-hybridized carbons (Fsp3) is 0.724. The van der Waals surface area contributed by atoms with Gasteiger partial charge in [-0.25, -0.2) is 9.79 Å². The van der Waals surface area contributed by atoms with Crippen molar-refractivity contribution in [1.29, 1.82) is 0 Å². The first-order valence-corrected chi connectivity index (χ1v) is 13.5. The minimum Gasteiger partial charge on any atom is -0.444 e. The Bertz CT molecular complexity index is 779. The summed E-state index contributed by atoms with van der Waals surface area (Å²) < 4.78 is 5.38. The van der Waals surface area contributed by atoms with Crippen LogP contribution in [0.25, 0.3) is 0 Å². The van der Waals surface area contributed by atoms with Crippen molar-refractivity contribution in [2.75, 3.05) is 0 Å². The van der Waals surface area contributed by atoms with Crippen LogP contribution in [0.2, 0.25) is 0 Å². The highest BCUT2D eigenvalue weighted by atomic mass is 16.6. The van der Waals surface area contributed by atoms with Crippen molar-refractivity contribution in [3.8, 4) is 0 Å². The van der Waals surface area contributed by atoms with Gasteiger partial charge >= 0.3 is 6.09 Å². The standard InChI is InChI=1S/C23H37N3O2.C6H12/c1-6-7-8-19-15-18(11-14-21(19)25-16(2)24)17-9-12-20(13-10-17)26-22(27)28-23(3,4)5;1-6-4-2-3-5-6/h11,14-15,17,20H,6-10,12-13H2,1-5H3,(H2,24,25)(H,26,27);6H,2-5H2,1H3. The zero-order chi connectivity index (χ0) is 25.1. The number of aryl methyl sites for hydroxylation is 1. The van der Waals surface area contributed by atoms with Gasteiger partial charge in [0.25, 0.3) is 0 Å². The van der Waals surface area contributed by atoms with E-state index >= 15 is 0 Å². The lowest BCUT2D eigenvalue weighted by molar-refractivity contribution is 0.0491. The average molecular weight is 472 g/mol. The lowest BCUT2D eigenvalue weighted by atomic mass is 9.81. The predicted octanol–water partition coefficient (Wildman–Crippen LogP) is 7.79. The lowest BCUT2D eigenvalue weighted by Gasteiger charge is -2.30. The summed E-state index contributed by atoms with van der Waals surface area (Å²) in [5, 5.41) is 3.02. The van der Waals surface area contributed by atoms with Crippen LogP contribution in [0.15, 0.2) is 23.2 Å². The maximum atomic E-state index is 12.0. The number of amides is 1. The molecule has 0 saturated heterocycles. The van der Waals surface area contributed by atoms with E-state index < -0.39 is 5.60 Å². The molecule has 5 heteroatoms. The highest BCUT2D eigenvalue weighted by Gasteiger charge is 2.26. The summed E-state index contributed by atoms with van der Waals surface area (Å²) in [4.78, 5) is 16.5. The van der Waals surface area contributed by atoms with Crippen molar-refractivity contribution in [3.63, 3.8) is 0 Å². The summed E-state index contributed by atoms with van der Waals surface area (Å²) in [6.45, 7) is 12.0. The second kappa shape index (κ2) is 13.7. The molecule has 0 unspecified atom stereocenters. The van der Waals surface area contributed by atoms with Gasteiger partial charge in [0.15, 0.2) is 0 Å². The average Bonchev–Trinajstić information content (AvgIpc) is 3.23. The Morgan fingerprint density at radius 3 is 2.26 bits per heavy atom. The van der Waals surface area contributed by atoms with Crippen LogP contribution in [0.4, 0.5) is 10.5 Å². The van der Waals surface area contributed by atoms with Crippen LogP contribution in [0.1, 0.15) is 123 Å². The van der Waals surface area contributed by atoms with Gasteiger partial charge < -0.3 is 15.8 Å². The van der Waals surface area contributed by atoms with Gasteiger partial charge in [0.2, 0.25) is 0 Å². The molecule has 0 aromatic heterocycles. The molecule has 2 fully saturated rings. The molecule has 34 heavy (non-hydrogen) atoms. The summed E-state index contributed by atoms with van der Waals surface area (Å²) in [6, 6.07) is 6.84. The van der Waals surface area contributed by atoms with E-state index in [0.29, 0.717) is 11.8 Å². The summed E-state index contributed by atoms with van der Waals surface area (Å²) in [5.74, 6) is 2.18. The molecule has 2 saturated carbocycles. The van der Waals surface area contributed by atoms with Crippen molar-refractivity contribution in [1.82, 2.24) is 5.32 Å². The predicted molar refractivity (Wildman–Crippen MR) is 144 cm³/mol. The van der Waals surface area contributed by atoms with E-state index in [1.54, 1.807) is 0 Å². The van der Waals surface area contributed by atoms with Gasteiger partial charge in [0, 0.05) is 6.04 Å². The zero-order valence-corrected chi connectivity index (χ0v) is 22.6. The van der Waals surface area contributed by atoms with Crippen molar-refractivity contribution >= 4 is 17.6 Å². The highest BCUT2D eigenvalue weighted by Crippen LogP contribution is 2.35. The molecule has 3 rings (SSSR count). The molecule has 5 nitrogen and oxygen atoms in total. The van der Waals surface area contributed by atoms with Crippen molar-refractivity contribution in [2.24, 2.45) is 16.6 Å². The fourth-order valence-electron chi connectivity index (χ4n) is 4.90. The van der Waals surface area contributed by atoms with Crippen LogP contribution < -0.4 is 11.1 Å². The molecule has 0 radical (unpaired) electrons. The molecule has 2 aliphatic rings. The number of alkyl carbamates (subject to hydrolysis) is 1. The third-order valence-electron chi connectivity index (χ3n) is 6.76. The molecule has 0 aliphatic heterocycles. The molecule has 192 valence electrons. The first-order chi connectivity index (χ1) is 16.1. The van der Waals surface area contributed by atoms with Crippen molar-refractivity contribution in [2.45, 2.75) is 130 Å². The molecule has 3 N–H and O–H groups in total. The third-order valence-corrected chi connectivity index (χ3v) is 6.76. The van der Waals surface area contributed by atoms with Gasteiger partial charge in [-0.05, 0) is 95.2 Å². The number of hydrogen-bond donors (Lipinski definition) is 2. The Morgan fingerprint density at radius 2 is 1.76 bits per heavy atom. The Morgan fingerprint density at radius 1 is 1.12 bits per heavy atom. The molecule has 0 heterocycles. The number of rotatable bonds is 6. The number of aliphatic imine (C=N–C) groups is 1. The second-order valence-corrected chi connectivity index (χ2v) is 11.3. The highest BCUT2D eigenvalue weighted by molar-refractivity contribution is 5.81. The Hall–Kier alpha value is -2.04. The van der Waals surface area contributed by atoms with Crippen LogP contribution >= 0.6 is 0 Å². The Labute approximate surface area is 208 Å². The summed E-state index contributed by atoms with van der Waals surface area (Å²) >= 11 is 0. The molecule has 1 amide bonds. The zero-order valence-electron chi connectivity index (χ0n) is 22.6. The molecule has 1 aromatic rings. The molecule has 0 bridgehead atoms. The quantitative estimate of drug-likeness (QED) is 0.328.